The Kier molecular flexibility index (Phi) is 7.12. The van der Waals surface area contributed by atoms with E-state index in [4.69, 9.17) is 11.6 Å². The number of anilines is 1. The number of pyridine rings is 1. The van der Waals surface area contributed by atoms with E-state index in [1.807, 2.05) is 4.72 Å². The van der Waals surface area contributed by atoms with Gasteiger partial charge in [0.25, 0.3) is 15.9 Å². The Morgan fingerprint density at radius 3 is 2.58 bits per heavy atom. The molecule has 0 aliphatic rings. The monoisotopic (exact) mass is 576 g/mol. The van der Waals surface area contributed by atoms with Gasteiger partial charge in [0, 0.05) is 19.4 Å². The first-order valence-corrected chi connectivity index (χ1v) is 12.1. The number of alkyl halides is 3. The first-order valence-electron chi connectivity index (χ1n) is 10.2. The molecule has 0 radical (unpaired) electrons. The van der Waals surface area contributed by atoms with Gasteiger partial charge < -0.3 is 14.5 Å². The molecule has 0 aliphatic carbocycles. The minimum Gasteiger partial charge on any atom is -0.467 e. The molecule has 0 saturated heterocycles. The van der Waals surface area contributed by atoms with Crippen molar-refractivity contribution in [2.75, 3.05) is 18.4 Å². The molecular formula is C21H14ClF5N6O4S. The number of nitrogens with one attached hydrogen (secondary N) is 2. The van der Waals surface area contributed by atoms with Crippen molar-refractivity contribution in [3.8, 4) is 17.1 Å². The van der Waals surface area contributed by atoms with E-state index in [-0.39, 0.29) is 21.9 Å². The van der Waals surface area contributed by atoms with Crippen molar-refractivity contribution >= 4 is 38.7 Å². The lowest BCUT2D eigenvalue weighted by atomic mass is 10.1. The molecule has 1 amide bonds. The van der Waals surface area contributed by atoms with E-state index >= 15 is 4.39 Å². The van der Waals surface area contributed by atoms with Crippen LogP contribution in [0.4, 0.5) is 27.6 Å². The van der Waals surface area contributed by atoms with Gasteiger partial charge in [-0.2, -0.15) is 13.2 Å². The third-order valence-electron chi connectivity index (χ3n) is 4.90. The van der Waals surface area contributed by atoms with E-state index < -0.39 is 62.4 Å². The van der Waals surface area contributed by atoms with Crippen molar-refractivity contribution in [3.63, 3.8) is 0 Å². The van der Waals surface area contributed by atoms with Crippen LogP contribution in [-0.2, 0) is 10.0 Å². The number of amides is 1. The maximum Gasteiger partial charge on any atom is 0.422 e. The quantitative estimate of drug-likeness (QED) is 0.320. The number of sulfonamides is 1. The van der Waals surface area contributed by atoms with Crippen molar-refractivity contribution in [3.05, 3.63) is 65.5 Å². The lowest BCUT2D eigenvalue weighted by Crippen LogP contribution is -2.22. The average molecular weight is 577 g/mol. The van der Waals surface area contributed by atoms with Gasteiger partial charge in [-0.25, -0.2) is 27.2 Å². The molecular weight excluding hydrogens is 563 g/mol. The summed E-state index contributed by atoms with van der Waals surface area (Å²) in [5, 5.41) is 2.12. The smallest absolute Gasteiger partial charge is 0.422 e. The average Bonchev–Trinajstić information content (AvgIpc) is 3.27. The molecule has 0 saturated carbocycles. The highest BCUT2D eigenvalue weighted by Gasteiger charge is 2.31. The highest BCUT2D eigenvalue weighted by atomic mass is 35.5. The molecule has 0 aliphatic heterocycles. The van der Waals surface area contributed by atoms with Gasteiger partial charge in [-0.15, -0.1) is 0 Å². The normalized spacial score (nSPS) is 12.0. The number of hydrogen-bond acceptors (Lipinski definition) is 7. The summed E-state index contributed by atoms with van der Waals surface area (Å²) in [7, 11) is -3.46. The second-order valence-electron chi connectivity index (χ2n) is 7.49. The number of benzene rings is 1. The molecule has 3 aromatic heterocycles. The number of imidazole rings is 1. The van der Waals surface area contributed by atoms with Crippen LogP contribution >= 0.6 is 11.6 Å². The van der Waals surface area contributed by atoms with Gasteiger partial charge in [0.05, 0.1) is 33.7 Å². The van der Waals surface area contributed by atoms with Crippen molar-refractivity contribution in [2.45, 2.75) is 11.1 Å². The number of fused-ring (bicyclic) bond motifs is 1. The zero-order valence-corrected chi connectivity index (χ0v) is 20.4. The molecule has 0 bridgehead atoms. The lowest BCUT2D eigenvalue weighted by molar-refractivity contribution is -0.154. The van der Waals surface area contributed by atoms with E-state index in [0.717, 1.165) is 30.6 Å². The Hall–Kier alpha value is -4.05. The standard InChI is InChI=1S/C21H14ClF5N6O4S/c1-28-19(34)18-14-6-29-13(7-33(14)9-31-18)16-11(23)2-3-12(17(16)24)32-38(35,36)15-4-10(22)5-30-20(15)37-8-21(25,26)27/h2-7,9,32H,8H2,1H3,(H,28,34). The van der Waals surface area contributed by atoms with Crippen LogP contribution in [0.1, 0.15) is 10.5 Å². The van der Waals surface area contributed by atoms with Crippen LogP contribution in [0.5, 0.6) is 5.88 Å². The molecule has 1 aromatic carbocycles. The van der Waals surface area contributed by atoms with Gasteiger partial charge in [0.15, 0.2) is 23.0 Å². The Labute approximate surface area is 215 Å². The fourth-order valence-corrected chi connectivity index (χ4v) is 4.65. The van der Waals surface area contributed by atoms with Crippen molar-refractivity contribution in [2.24, 2.45) is 0 Å². The van der Waals surface area contributed by atoms with Crippen molar-refractivity contribution in [1.29, 1.82) is 0 Å². The number of halogens is 6. The summed E-state index contributed by atoms with van der Waals surface area (Å²) in [5.74, 6) is -3.96. The molecule has 4 aromatic rings. The molecule has 2 N–H and O–H groups in total. The van der Waals surface area contributed by atoms with E-state index in [1.54, 1.807) is 0 Å². The van der Waals surface area contributed by atoms with Crippen molar-refractivity contribution in [1.82, 2.24) is 24.7 Å². The second-order valence-corrected chi connectivity index (χ2v) is 9.57. The SMILES string of the molecule is CNC(=O)c1ncn2cc(-c3c(F)ccc(NS(=O)(=O)c4cc(Cl)cnc4OCC(F)(F)F)c3F)ncc12. The van der Waals surface area contributed by atoms with Crippen LogP contribution in [0.25, 0.3) is 16.8 Å². The molecule has 200 valence electrons. The summed E-state index contributed by atoms with van der Waals surface area (Å²) < 4.78 is 101. The van der Waals surface area contributed by atoms with Gasteiger partial charge in [-0.05, 0) is 18.2 Å². The predicted octanol–water partition coefficient (Wildman–Crippen LogP) is 3.82. The van der Waals surface area contributed by atoms with Crippen LogP contribution in [0.15, 0.2) is 48.0 Å². The number of hydrogen-bond donors (Lipinski definition) is 2. The molecule has 10 nitrogen and oxygen atoms in total. The Bertz CT molecular complexity index is 1660. The van der Waals surface area contributed by atoms with Crippen LogP contribution in [0.2, 0.25) is 5.02 Å². The zero-order chi connectivity index (χ0) is 27.8. The summed E-state index contributed by atoms with van der Waals surface area (Å²) in [5.41, 5.74) is -1.55. The number of rotatable bonds is 7. The van der Waals surface area contributed by atoms with Gasteiger partial charge >= 0.3 is 6.18 Å². The number of ether oxygens (including phenoxy) is 1. The molecule has 0 unspecified atom stereocenters. The van der Waals surface area contributed by atoms with E-state index in [2.05, 4.69) is 25.0 Å². The molecule has 3 heterocycles. The van der Waals surface area contributed by atoms with Crippen LogP contribution in [-0.4, -0.2) is 53.5 Å². The topological polar surface area (TPSA) is 128 Å². The van der Waals surface area contributed by atoms with Gasteiger partial charge in [-0.1, -0.05) is 11.6 Å². The third kappa shape index (κ3) is 5.45. The summed E-state index contributed by atoms with van der Waals surface area (Å²) in [4.78, 5) is 22.3. The first-order chi connectivity index (χ1) is 17.8. The molecule has 17 heteroatoms. The van der Waals surface area contributed by atoms with E-state index in [1.165, 1.54) is 24.0 Å². The number of carbonyl (C=O) groups excluding carboxylic acids is 1. The number of aromatic nitrogens is 4. The van der Waals surface area contributed by atoms with Crippen molar-refractivity contribution < 1.29 is 39.9 Å². The minimum absolute atomic E-state index is 0.00711. The molecule has 0 atom stereocenters. The summed E-state index contributed by atoms with van der Waals surface area (Å²) >= 11 is 5.75. The highest BCUT2D eigenvalue weighted by molar-refractivity contribution is 7.92. The maximum atomic E-state index is 15.4. The largest absolute Gasteiger partial charge is 0.467 e. The first kappa shape index (κ1) is 27.0. The molecule has 0 fully saturated rings. The number of carbonyl (C=O) groups is 1. The van der Waals surface area contributed by atoms with E-state index in [0.29, 0.717) is 0 Å². The maximum absolute atomic E-state index is 15.4. The summed E-state index contributed by atoms with van der Waals surface area (Å²) in [6.07, 6.45) is -0.431. The summed E-state index contributed by atoms with van der Waals surface area (Å²) in [6.45, 7) is -1.86. The molecule has 4 rings (SSSR count). The third-order valence-corrected chi connectivity index (χ3v) is 6.47. The minimum atomic E-state index is -4.84. The number of nitrogens with zero attached hydrogens (tertiary/aromatic N) is 4. The Balaban J connectivity index is 1.73. The Morgan fingerprint density at radius 2 is 1.89 bits per heavy atom. The van der Waals surface area contributed by atoms with Gasteiger partial charge in [0.2, 0.25) is 5.88 Å². The van der Waals surface area contributed by atoms with Crippen LogP contribution in [0, 0.1) is 11.6 Å². The zero-order valence-electron chi connectivity index (χ0n) is 18.8. The van der Waals surface area contributed by atoms with Crippen LogP contribution in [0.3, 0.4) is 0 Å². The van der Waals surface area contributed by atoms with Gasteiger partial charge in [-0.3, -0.25) is 14.5 Å². The fourth-order valence-electron chi connectivity index (χ4n) is 3.24. The Morgan fingerprint density at radius 1 is 1.16 bits per heavy atom. The van der Waals surface area contributed by atoms with E-state index in [9.17, 15) is 30.8 Å². The van der Waals surface area contributed by atoms with Gasteiger partial charge in [0.1, 0.15) is 12.1 Å². The highest BCUT2D eigenvalue weighted by Crippen LogP contribution is 2.33. The molecule has 0 spiro atoms. The van der Waals surface area contributed by atoms with Crippen LogP contribution < -0.4 is 14.8 Å². The molecule has 38 heavy (non-hydrogen) atoms. The summed E-state index contributed by atoms with van der Waals surface area (Å²) in [6, 6.07) is 2.27. The predicted molar refractivity (Wildman–Crippen MR) is 123 cm³/mol. The lowest BCUT2D eigenvalue weighted by Gasteiger charge is -2.15. The fraction of sp³-hybridized carbons (Fsp3) is 0.143. The second kappa shape index (κ2) is 10.0.